The first kappa shape index (κ1) is 25.5. The lowest BCUT2D eigenvalue weighted by atomic mass is 9.67. The van der Waals surface area contributed by atoms with E-state index in [1.165, 1.54) is 0 Å². The second-order valence-corrected chi connectivity index (χ2v) is 11.2. The molecule has 2 aliphatic heterocycles. The molecule has 10 heteroatoms. The highest BCUT2D eigenvalue weighted by Crippen LogP contribution is 2.48. The maximum atomic E-state index is 14.8. The minimum absolute atomic E-state index is 0.0589. The zero-order valence-electron chi connectivity index (χ0n) is 22.1. The van der Waals surface area contributed by atoms with Crippen LogP contribution >= 0.6 is 11.6 Å². The standard InChI is InChI=1S/C29H30ClN7O2/c1-18(2)32-12-20-14-37(26-13-31-11-19-6-4-5-7-23(19)26)28(39)29(20)17-36(16-22-15-35(3)34-33-22)27(38)24-9-8-21(30)10-25(24)29/h4-11,13,15,18,20,32H,12,14,16-17H2,1-3H3/t20-,29-/m0/s1. The number of fused-ring (bicyclic) bond motifs is 3. The Balaban J connectivity index is 1.51. The van der Waals surface area contributed by atoms with E-state index in [0.717, 1.165) is 16.5 Å². The lowest BCUT2D eigenvalue weighted by Crippen LogP contribution is -2.57. The molecule has 0 saturated carbocycles. The maximum absolute atomic E-state index is 14.8. The van der Waals surface area contributed by atoms with Gasteiger partial charge in [0.05, 0.1) is 23.8 Å². The Kier molecular flexibility index (Phi) is 6.35. The molecule has 1 fully saturated rings. The van der Waals surface area contributed by atoms with Crippen LogP contribution < -0.4 is 10.2 Å². The largest absolute Gasteiger partial charge is 0.331 e. The van der Waals surface area contributed by atoms with Gasteiger partial charge in [0.15, 0.2) is 0 Å². The van der Waals surface area contributed by atoms with Crippen LogP contribution in [0.5, 0.6) is 0 Å². The van der Waals surface area contributed by atoms with E-state index in [2.05, 4.69) is 34.5 Å². The molecule has 0 unspecified atom stereocenters. The Morgan fingerprint density at radius 2 is 1.97 bits per heavy atom. The molecule has 9 nitrogen and oxygen atoms in total. The Hall–Kier alpha value is -3.82. The number of nitrogens with one attached hydrogen (secondary N) is 1. The molecule has 1 spiro atoms. The number of carbonyl (C=O) groups is 2. The average Bonchev–Trinajstić information content (AvgIpc) is 3.45. The topological polar surface area (TPSA) is 96.2 Å². The molecule has 2 atom stereocenters. The van der Waals surface area contributed by atoms with E-state index >= 15 is 0 Å². The molecule has 2 aliphatic rings. The van der Waals surface area contributed by atoms with Crippen molar-refractivity contribution in [2.75, 3.05) is 24.5 Å². The van der Waals surface area contributed by atoms with Gasteiger partial charge in [-0.25, -0.2) is 0 Å². The van der Waals surface area contributed by atoms with Crippen molar-refractivity contribution in [2.45, 2.75) is 31.8 Å². The predicted molar refractivity (Wildman–Crippen MR) is 150 cm³/mol. The van der Waals surface area contributed by atoms with Crippen LogP contribution in [0.1, 0.15) is 35.5 Å². The van der Waals surface area contributed by atoms with Crippen LogP contribution in [0, 0.1) is 5.92 Å². The molecule has 200 valence electrons. The maximum Gasteiger partial charge on any atom is 0.254 e. The summed E-state index contributed by atoms with van der Waals surface area (Å²) in [5.74, 6) is -0.344. The van der Waals surface area contributed by atoms with Crippen molar-refractivity contribution in [3.8, 4) is 0 Å². The van der Waals surface area contributed by atoms with Gasteiger partial charge in [-0.2, -0.15) is 0 Å². The monoisotopic (exact) mass is 543 g/mol. The number of pyridine rings is 1. The van der Waals surface area contributed by atoms with Gasteiger partial charge < -0.3 is 15.1 Å². The van der Waals surface area contributed by atoms with Crippen molar-refractivity contribution in [3.05, 3.63) is 82.9 Å². The summed E-state index contributed by atoms with van der Waals surface area (Å²) in [4.78, 5) is 36.6. The van der Waals surface area contributed by atoms with E-state index in [1.807, 2.05) is 35.4 Å². The first-order chi connectivity index (χ1) is 18.8. The summed E-state index contributed by atoms with van der Waals surface area (Å²) in [7, 11) is 1.79. The Morgan fingerprint density at radius 1 is 1.15 bits per heavy atom. The minimum Gasteiger partial charge on any atom is -0.331 e. The van der Waals surface area contributed by atoms with E-state index in [9.17, 15) is 9.59 Å². The third kappa shape index (κ3) is 4.26. The SMILES string of the molecule is CC(C)NC[C@H]1CN(c2cncc3ccccc23)C(=O)[C@@]12CN(Cc1cn(C)nn1)C(=O)c1ccc(Cl)cc12. The molecule has 1 saturated heterocycles. The molecule has 2 amide bonds. The number of hydrogen-bond acceptors (Lipinski definition) is 6. The van der Waals surface area contributed by atoms with Crippen molar-refractivity contribution in [1.29, 1.82) is 0 Å². The van der Waals surface area contributed by atoms with Crippen LogP contribution in [0.4, 0.5) is 5.69 Å². The van der Waals surface area contributed by atoms with Gasteiger partial charge in [-0.05, 0) is 23.8 Å². The third-order valence-corrected chi connectivity index (χ3v) is 8.10. The van der Waals surface area contributed by atoms with E-state index in [1.54, 1.807) is 47.2 Å². The third-order valence-electron chi connectivity index (χ3n) is 7.86. The molecular formula is C29H30ClN7O2. The van der Waals surface area contributed by atoms with Crippen LogP contribution in [0.15, 0.2) is 61.1 Å². The smallest absolute Gasteiger partial charge is 0.254 e. The molecular weight excluding hydrogens is 514 g/mol. The van der Waals surface area contributed by atoms with E-state index in [0.29, 0.717) is 34.9 Å². The summed E-state index contributed by atoms with van der Waals surface area (Å²) >= 11 is 6.51. The van der Waals surface area contributed by atoms with Gasteiger partial charge in [0.2, 0.25) is 5.91 Å². The molecule has 1 N–H and O–H groups in total. The molecule has 4 heterocycles. The molecule has 0 radical (unpaired) electrons. The fourth-order valence-corrected chi connectivity index (χ4v) is 6.21. The molecule has 2 aromatic carbocycles. The van der Waals surface area contributed by atoms with Gasteiger partial charge in [-0.15, -0.1) is 5.10 Å². The summed E-state index contributed by atoms with van der Waals surface area (Å²) < 4.78 is 1.61. The lowest BCUT2D eigenvalue weighted by Gasteiger charge is -2.43. The normalized spacial score (nSPS) is 21.0. The van der Waals surface area contributed by atoms with E-state index in [4.69, 9.17) is 11.6 Å². The first-order valence-electron chi connectivity index (χ1n) is 13.1. The predicted octanol–water partition coefficient (Wildman–Crippen LogP) is 3.57. The number of nitrogens with zero attached hydrogens (tertiary/aromatic N) is 6. The summed E-state index contributed by atoms with van der Waals surface area (Å²) in [6, 6.07) is 13.4. The fourth-order valence-electron chi connectivity index (χ4n) is 6.04. The van der Waals surface area contributed by atoms with Crippen molar-refractivity contribution in [3.63, 3.8) is 0 Å². The number of halogens is 1. The second-order valence-electron chi connectivity index (χ2n) is 10.8. The van der Waals surface area contributed by atoms with Crippen LogP contribution in [0.3, 0.4) is 0 Å². The number of rotatable bonds is 6. The van der Waals surface area contributed by atoms with Crippen molar-refractivity contribution >= 4 is 39.9 Å². The molecule has 6 rings (SSSR count). The van der Waals surface area contributed by atoms with Crippen molar-refractivity contribution in [1.82, 2.24) is 30.2 Å². The highest BCUT2D eigenvalue weighted by molar-refractivity contribution is 6.31. The number of hydrogen-bond donors (Lipinski definition) is 1. The molecule has 4 aromatic rings. The van der Waals surface area contributed by atoms with Crippen LogP contribution in [0.25, 0.3) is 10.8 Å². The zero-order valence-corrected chi connectivity index (χ0v) is 22.9. The van der Waals surface area contributed by atoms with Crippen LogP contribution in [0.2, 0.25) is 5.02 Å². The number of aryl methyl sites for hydroxylation is 1. The van der Waals surface area contributed by atoms with Crippen LogP contribution in [-0.4, -0.2) is 62.4 Å². The van der Waals surface area contributed by atoms with Gasteiger partial charge in [0.25, 0.3) is 5.91 Å². The molecule has 39 heavy (non-hydrogen) atoms. The summed E-state index contributed by atoms with van der Waals surface area (Å²) in [5, 5.41) is 14.2. The van der Waals surface area contributed by atoms with Gasteiger partial charge >= 0.3 is 0 Å². The molecule has 0 bridgehead atoms. The number of amides is 2. The number of carbonyl (C=O) groups excluding carboxylic acids is 2. The van der Waals surface area contributed by atoms with Gasteiger partial charge in [-0.3, -0.25) is 19.3 Å². The Bertz CT molecular complexity index is 1580. The number of aromatic nitrogens is 4. The second kappa shape index (κ2) is 9.73. The Morgan fingerprint density at radius 3 is 2.74 bits per heavy atom. The lowest BCUT2D eigenvalue weighted by molar-refractivity contribution is -0.123. The number of benzene rings is 2. The average molecular weight is 544 g/mol. The van der Waals surface area contributed by atoms with E-state index < -0.39 is 5.41 Å². The Labute approximate surface area is 231 Å². The summed E-state index contributed by atoms with van der Waals surface area (Å²) in [6.45, 7) is 5.72. The van der Waals surface area contributed by atoms with Gasteiger partial charge in [0.1, 0.15) is 5.69 Å². The van der Waals surface area contributed by atoms with Gasteiger partial charge in [0, 0.05) is 72.4 Å². The van der Waals surface area contributed by atoms with Crippen molar-refractivity contribution < 1.29 is 9.59 Å². The summed E-state index contributed by atoms with van der Waals surface area (Å²) in [5.41, 5.74) is 1.61. The fraction of sp³-hybridized carbons (Fsp3) is 0.345. The highest BCUT2D eigenvalue weighted by atomic mass is 35.5. The first-order valence-corrected chi connectivity index (χ1v) is 13.5. The summed E-state index contributed by atoms with van der Waals surface area (Å²) in [6.07, 6.45) is 5.36. The molecule has 0 aliphatic carbocycles. The highest BCUT2D eigenvalue weighted by Gasteiger charge is 2.59. The quantitative estimate of drug-likeness (QED) is 0.399. The zero-order chi connectivity index (χ0) is 27.3. The van der Waals surface area contributed by atoms with Crippen LogP contribution in [-0.2, 0) is 23.8 Å². The van der Waals surface area contributed by atoms with Gasteiger partial charge in [-0.1, -0.05) is 54.9 Å². The van der Waals surface area contributed by atoms with Crippen molar-refractivity contribution in [2.24, 2.45) is 13.0 Å². The minimum atomic E-state index is -1.00. The molecule has 2 aromatic heterocycles. The van der Waals surface area contributed by atoms with E-state index in [-0.39, 0.29) is 36.9 Å². The number of anilines is 1.